The fourth-order valence-corrected chi connectivity index (χ4v) is 5.40. The first-order valence-corrected chi connectivity index (χ1v) is 10.4. The van der Waals surface area contributed by atoms with Crippen LogP contribution in [0.25, 0.3) is 10.9 Å². The van der Waals surface area contributed by atoms with Gasteiger partial charge in [0.25, 0.3) is 0 Å². The molecule has 3 atom stereocenters. The molecule has 1 N–H and O–H groups in total. The molecule has 6 nitrogen and oxygen atoms in total. The first kappa shape index (κ1) is 16.7. The van der Waals surface area contributed by atoms with Crippen molar-refractivity contribution in [3.63, 3.8) is 0 Å². The minimum Gasteiger partial charge on any atom is -0.351 e. The Labute approximate surface area is 162 Å². The van der Waals surface area contributed by atoms with E-state index in [2.05, 4.69) is 38.6 Å². The monoisotopic (exact) mass is 381 g/mol. The van der Waals surface area contributed by atoms with E-state index in [0.717, 1.165) is 28.7 Å². The highest BCUT2D eigenvalue weighted by molar-refractivity contribution is 7.15. The maximum Gasteiger partial charge on any atom is 0.240 e. The Morgan fingerprint density at radius 3 is 2.70 bits per heavy atom. The Balaban J connectivity index is 1.26. The zero-order valence-electron chi connectivity index (χ0n) is 15.3. The summed E-state index contributed by atoms with van der Waals surface area (Å²) in [6.07, 6.45) is 4.35. The van der Waals surface area contributed by atoms with Crippen molar-refractivity contribution in [2.24, 2.45) is 11.8 Å². The summed E-state index contributed by atoms with van der Waals surface area (Å²) < 4.78 is 2.03. The van der Waals surface area contributed by atoms with Crippen LogP contribution in [0, 0.1) is 18.8 Å². The van der Waals surface area contributed by atoms with Gasteiger partial charge in [0.1, 0.15) is 11.6 Å². The van der Waals surface area contributed by atoms with Crippen molar-refractivity contribution in [3.8, 4) is 0 Å². The molecule has 1 unspecified atom stereocenters. The van der Waals surface area contributed by atoms with E-state index in [1.165, 1.54) is 18.2 Å². The van der Waals surface area contributed by atoms with Crippen molar-refractivity contribution in [2.75, 3.05) is 18.0 Å². The maximum atomic E-state index is 12.7. The molecular formula is C20H23N5OS. The van der Waals surface area contributed by atoms with Crippen molar-refractivity contribution >= 4 is 33.3 Å². The highest BCUT2D eigenvalue weighted by Gasteiger charge is 2.43. The van der Waals surface area contributed by atoms with Crippen molar-refractivity contribution < 1.29 is 4.79 Å². The smallest absolute Gasteiger partial charge is 0.240 e. The van der Waals surface area contributed by atoms with Gasteiger partial charge in [-0.1, -0.05) is 29.5 Å². The third kappa shape index (κ3) is 3.10. The number of nitrogens with zero attached hydrogens (tertiary/aromatic N) is 4. The molecule has 2 fully saturated rings. The number of hydrogen-bond acceptors (Lipinski definition) is 5. The summed E-state index contributed by atoms with van der Waals surface area (Å²) in [7, 11) is 0. The molecule has 27 heavy (non-hydrogen) atoms. The molecule has 1 aliphatic carbocycles. The normalized spacial score (nSPS) is 24.5. The third-order valence-electron chi connectivity index (χ3n) is 5.94. The van der Waals surface area contributed by atoms with Gasteiger partial charge in [-0.3, -0.25) is 4.79 Å². The van der Waals surface area contributed by atoms with E-state index in [-0.39, 0.29) is 11.9 Å². The molecule has 7 heteroatoms. The third-order valence-corrected chi connectivity index (χ3v) is 6.84. The van der Waals surface area contributed by atoms with E-state index in [1.807, 2.05) is 29.8 Å². The van der Waals surface area contributed by atoms with E-state index < -0.39 is 0 Å². The molecule has 1 aliphatic heterocycles. The molecule has 3 heterocycles. The number of anilines is 1. The Bertz CT molecular complexity index is 966. The number of rotatable bonds is 4. The molecule has 140 valence electrons. The Morgan fingerprint density at radius 1 is 1.19 bits per heavy atom. The topological polar surface area (TPSA) is 63.1 Å². The minimum absolute atomic E-state index is 0.110. The van der Waals surface area contributed by atoms with Crippen LogP contribution in [0.3, 0.4) is 0 Å². The quantitative estimate of drug-likeness (QED) is 0.755. The molecular weight excluding hydrogens is 358 g/mol. The SMILES string of the molecule is Cc1nnc(N2C[C@H]3CC[C@@H](C2)C3NC(=O)Cn2ccc3ccccc32)s1. The lowest BCUT2D eigenvalue weighted by atomic mass is 9.92. The molecule has 1 saturated heterocycles. The van der Waals surface area contributed by atoms with Gasteiger partial charge in [0.15, 0.2) is 0 Å². The maximum absolute atomic E-state index is 12.7. The second kappa shape index (κ2) is 6.64. The fourth-order valence-electron chi connectivity index (χ4n) is 4.69. The van der Waals surface area contributed by atoms with Crippen LogP contribution in [0.4, 0.5) is 5.13 Å². The van der Waals surface area contributed by atoms with Crippen LogP contribution in [0.2, 0.25) is 0 Å². The van der Waals surface area contributed by atoms with Crippen LogP contribution in [0.1, 0.15) is 17.8 Å². The predicted octanol–water partition coefficient (Wildman–Crippen LogP) is 2.83. The lowest BCUT2D eigenvalue weighted by Crippen LogP contribution is -2.53. The number of aryl methyl sites for hydroxylation is 1. The van der Waals surface area contributed by atoms with Crippen LogP contribution < -0.4 is 10.2 Å². The summed E-state index contributed by atoms with van der Waals surface area (Å²) >= 11 is 1.66. The number of benzene rings is 1. The van der Waals surface area contributed by atoms with Crippen molar-refractivity contribution in [2.45, 2.75) is 32.4 Å². The number of carbonyl (C=O) groups excluding carboxylic acids is 1. The number of para-hydroxylation sites is 1. The summed E-state index contributed by atoms with van der Waals surface area (Å²) in [6.45, 7) is 4.29. The van der Waals surface area contributed by atoms with Gasteiger partial charge >= 0.3 is 0 Å². The number of carbonyl (C=O) groups is 1. The van der Waals surface area contributed by atoms with Crippen molar-refractivity contribution in [1.29, 1.82) is 0 Å². The molecule has 2 aromatic heterocycles. The second-order valence-corrected chi connectivity index (χ2v) is 8.86. The second-order valence-electron chi connectivity index (χ2n) is 7.70. The van der Waals surface area contributed by atoms with E-state index in [9.17, 15) is 4.79 Å². The molecule has 0 spiro atoms. The van der Waals surface area contributed by atoms with Gasteiger partial charge < -0.3 is 14.8 Å². The first-order valence-electron chi connectivity index (χ1n) is 9.55. The first-order chi connectivity index (χ1) is 13.2. The highest BCUT2D eigenvalue weighted by atomic mass is 32.1. The van der Waals surface area contributed by atoms with Crippen molar-refractivity contribution in [3.05, 3.63) is 41.5 Å². The summed E-state index contributed by atoms with van der Waals surface area (Å²) in [4.78, 5) is 15.1. The van der Waals surface area contributed by atoms with Crippen molar-refractivity contribution in [1.82, 2.24) is 20.1 Å². The van der Waals surface area contributed by atoms with E-state index >= 15 is 0 Å². The van der Waals surface area contributed by atoms with Crippen LogP contribution in [0.5, 0.6) is 0 Å². The molecule has 5 rings (SSSR count). The van der Waals surface area contributed by atoms with E-state index in [0.29, 0.717) is 18.4 Å². The predicted molar refractivity (Wildman–Crippen MR) is 107 cm³/mol. The number of amides is 1. The van der Waals surface area contributed by atoms with E-state index in [1.54, 1.807) is 11.3 Å². The zero-order valence-corrected chi connectivity index (χ0v) is 16.2. The Morgan fingerprint density at radius 2 is 1.96 bits per heavy atom. The summed E-state index contributed by atoms with van der Waals surface area (Å²) in [5, 5.41) is 15.0. The fraction of sp³-hybridized carbons (Fsp3) is 0.450. The number of piperidine rings is 1. The average molecular weight is 382 g/mol. The molecule has 2 bridgehead atoms. The molecule has 2 aliphatic rings. The number of aromatic nitrogens is 3. The van der Waals surface area contributed by atoms with Gasteiger partial charge in [0, 0.05) is 30.8 Å². The number of hydrogen-bond donors (Lipinski definition) is 1. The van der Waals surface area contributed by atoms with Gasteiger partial charge in [0.05, 0.1) is 0 Å². The van der Waals surface area contributed by atoms with E-state index in [4.69, 9.17) is 0 Å². The largest absolute Gasteiger partial charge is 0.351 e. The van der Waals surface area contributed by atoms with Crippen LogP contribution in [-0.2, 0) is 11.3 Å². The molecule has 3 aromatic rings. The van der Waals surface area contributed by atoms with Gasteiger partial charge in [-0.15, -0.1) is 10.2 Å². The lowest BCUT2D eigenvalue weighted by Gasteiger charge is -2.38. The van der Waals surface area contributed by atoms with Gasteiger partial charge in [-0.2, -0.15) is 0 Å². The number of nitrogens with one attached hydrogen (secondary N) is 1. The zero-order chi connectivity index (χ0) is 18.4. The van der Waals surface area contributed by atoms with Gasteiger partial charge in [-0.25, -0.2) is 0 Å². The molecule has 1 amide bonds. The van der Waals surface area contributed by atoms with Crippen LogP contribution >= 0.6 is 11.3 Å². The van der Waals surface area contributed by atoms with Crippen LogP contribution in [-0.4, -0.2) is 39.8 Å². The number of fused-ring (bicyclic) bond motifs is 3. The standard InChI is InChI=1S/C20H23N5OS/c1-13-22-23-20(27-13)25-10-15-6-7-16(11-25)19(15)21-18(26)12-24-9-8-14-4-2-3-5-17(14)24/h2-5,8-9,15-16,19H,6-7,10-12H2,1H3,(H,21,26)/t15-,16+,19?. The lowest BCUT2D eigenvalue weighted by molar-refractivity contribution is -0.122. The van der Waals surface area contributed by atoms with Gasteiger partial charge in [0.2, 0.25) is 11.0 Å². The van der Waals surface area contributed by atoms with Crippen LogP contribution in [0.15, 0.2) is 36.5 Å². The molecule has 1 aromatic carbocycles. The summed E-state index contributed by atoms with van der Waals surface area (Å²) in [6, 6.07) is 10.5. The minimum atomic E-state index is 0.110. The van der Waals surface area contributed by atoms with Gasteiger partial charge in [-0.05, 0) is 49.1 Å². The Hall–Kier alpha value is -2.41. The summed E-state index contributed by atoms with van der Waals surface area (Å²) in [5.41, 5.74) is 1.11. The average Bonchev–Trinajstić information content (AvgIpc) is 3.32. The molecule has 0 radical (unpaired) electrons. The molecule has 1 saturated carbocycles. The highest BCUT2D eigenvalue weighted by Crippen LogP contribution is 2.39. The summed E-state index contributed by atoms with van der Waals surface area (Å²) in [5.74, 6) is 1.11. The Kier molecular flexibility index (Phi) is 4.11.